The fraction of sp³-hybridized carbons (Fsp3) is 0.0909. The highest BCUT2D eigenvalue weighted by atomic mass is 79.9. The average molecular weight is 449 g/mol. The first-order chi connectivity index (χ1) is 10.2. The number of benzene rings is 1. The summed E-state index contributed by atoms with van der Waals surface area (Å²) < 4.78 is 9.36. The van der Waals surface area contributed by atoms with Crippen molar-refractivity contribution in [2.75, 3.05) is 7.11 Å². The Bertz CT molecular complexity index is 739. The van der Waals surface area contributed by atoms with Crippen LogP contribution in [0.3, 0.4) is 0 Å². The summed E-state index contributed by atoms with van der Waals surface area (Å²) in [4.78, 5) is 4.37. The fourth-order valence-corrected chi connectivity index (χ4v) is 4.70. The second-order valence-corrected chi connectivity index (χ2v) is 8.00. The molecule has 3 aromatic rings. The summed E-state index contributed by atoms with van der Waals surface area (Å²) in [6.07, 6.45) is 0. The Morgan fingerprint density at radius 1 is 1.24 bits per heavy atom. The van der Waals surface area contributed by atoms with Gasteiger partial charge >= 0.3 is 0 Å². The van der Waals surface area contributed by atoms with Gasteiger partial charge in [-0.25, -0.2) is 4.98 Å². The largest absolute Gasteiger partial charge is 0.497 e. The lowest BCUT2D eigenvalue weighted by molar-refractivity contribution is 0.414. The van der Waals surface area contributed by atoms with Gasteiger partial charge in [-0.2, -0.15) is 4.68 Å². The maximum Gasteiger partial charge on any atom is 0.221 e. The monoisotopic (exact) mass is 447 g/mol. The highest BCUT2D eigenvalue weighted by Gasteiger charge is 2.14. The van der Waals surface area contributed by atoms with Gasteiger partial charge in [0.25, 0.3) is 0 Å². The average Bonchev–Trinajstić information content (AvgIpc) is 3.07. The third kappa shape index (κ3) is 3.28. The first-order valence-corrected chi connectivity index (χ1v) is 8.82. The molecule has 108 valence electrons. The van der Waals surface area contributed by atoms with E-state index in [0.29, 0.717) is 5.16 Å². The van der Waals surface area contributed by atoms with Crippen LogP contribution in [0.1, 0.15) is 0 Å². The summed E-state index contributed by atoms with van der Waals surface area (Å²) in [5.74, 6) is 0.786. The van der Waals surface area contributed by atoms with Crippen LogP contribution in [0.4, 0.5) is 0 Å². The van der Waals surface area contributed by atoms with Gasteiger partial charge in [-0.15, -0.1) is 5.10 Å². The lowest BCUT2D eigenvalue weighted by Gasteiger charge is -2.04. The van der Waals surface area contributed by atoms with Crippen LogP contribution in [-0.4, -0.2) is 32.3 Å². The van der Waals surface area contributed by atoms with Crippen molar-refractivity contribution in [2.24, 2.45) is 0 Å². The number of halogens is 2. The van der Waals surface area contributed by atoms with Gasteiger partial charge in [0.1, 0.15) is 14.1 Å². The third-order valence-corrected chi connectivity index (χ3v) is 6.54. The molecule has 0 atom stereocenters. The van der Waals surface area contributed by atoms with Gasteiger partial charge < -0.3 is 4.74 Å². The molecule has 0 aliphatic rings. The van der Waals surface area contributed by atoms with E-state index in [2.05, 4.69) is 52.4 Å². The first kappa shape index (κ1) is 14.9. The van der Waals surface area contributed by atoms with Gasteiger partial charge in [-0.05, 0) is 78.3 Å². The van der Waals surface area contributed by atoms with E-state index in [4.69, 9.17) is 4.74 Å². The summed E-state index contributed by atoms with van der Waals surface area (Å²) in [5.41, 5.74) is 0.859. The second kappa shape index (κ2) is 6.42. The van der Waals surface area contributed by atoms with Crippen molar-refractivity contribution in [1.82, 2.24) is 25.2 Å². The van der Waals surface area contributed by atoms with E-state index in [1.165, 1.54) is 23.1 Å². The molecule has 10 heteroatoms. The molecule has 1 aromatic carbocycles. The van der Waals surface area contributed by atoms with Gasteiger partial charge in [-0.1, -0.05) is 11.3 Å². The van der Waals surface area contributed by atoms with Crippen LogP contribution in [0, 0.1) is 0 Å². The van der Waals surface area contributed by atoms with Crippen molar-refractivity contribution in [3.05, 3.63) is 32.7 Å². The molecule has 0 aliphatic carbocycles. The minimum Gasteiger partial charge on any atom is -0.497 e. The number of aromatic nitrogens is 5. The molecule has 0 unspecified atom stereocenters. The van der Waals surface area contributed by atoms with Crippen LogP contribution >= 0.6 is 55.0 Å². The molecule has 0 fully saturated rings. The van der Waals surface area contributed by atoms with Crippen LogP contribution in [0.2, 0.25) is 0 Å². The quantitative estimate of drug-likeness (QED) is 0.604. The van der Waals surface area contributed by atoms with E-state index < -0.39 is 0 Å². The van der Waals surface area contributed by atoms with E-state index in [9.17, 15) is 0 Å². The number of methoxy groups -OCH3 is 1. The predicted molar refractivity (Wildman–Crippen MR) is 87.3 cm³/mol. The SMILES string of the molecule is COc1ccc(-n2nnnc2Sc2nc(Br)c(Br)s2)cc1. The van der Waals surface area contributed by atoms with E-state index in [1.807, 2.05) is 24.3 Å². The topological polar surface area (TPSA) is 65.7 Å². The van der Waals surface area contributed by atoms with Crippen LogP contribution in [0.15, 0.2) is 42.2 Å². The van der Waals surface area contributed by atoms with Crippen molar-refractivity contribution in [1.29, 1.82) is 0 Å². The molecular weight excluding hydrogens is 442 g/mol. The normalized spacial score (nSPS) is 10.8. The molecule has 0 radical (unpaired) electrons. The minimum atomic E-state index is 0.647. The van der Waals surface area contributed by atoms with E-state index in [0.717, 1.165) is 24.2 Å². The summed E-state index contributed by atoms with van der Waals surface area (Å²) in [5, 5.41) is 12.4. The molecule has 2 heterocycles. The number of rotatable bonds is 4. The summed E-state index contributed by atoms with van der Waals surface area (Å²) in [7, 11) is 1.63. The van der Waals surface area contributed by atoms with Crippen LogP contribution in [0.5, 0.6) is 5.75 Å². The highest BCUT2D eigenvalue weighted by Crippen LogP contribution is 2.37. The lowest BCUT2D eigenvalue weighted by atomic mass is 10.3. The molecule has 0 N–H and O–H groups in total. The Morgan fingerprint density at radius 2 is 2.00 bits per heavy atom. The Hall–Kier alpha value is -0.970. The molecule has 6 nitrogen and oxygen atoms in total. The van der Waals surface area contributed by atoms with Crippen molar-refractivity contribution in [3.63, 3.8) is 0 Å². The predicted octanol–water partition coefficient (Wildman–Crippen LogP) is 3.80. The Balaban J connectivity index is 1.89. The third-order valence-electron chi connectivity index (χ3n) is 2.47. The minimum absolute atomic E-state index is 0.647. The summed E-state index contributed by atoms with van der Waals surface area (Å²) in [6, 6.07) is 7.52. The lowest BCUT2D eigenvalue weighted by Crippen LogP contribution is -1.98. The number of tetrazole rings is 1. The number of ether oxygens (including phenoxy) is 1. The smallest absolute Gasteiger partial charge is 0.221 e. The van der Waals surface area contributed by atoms with Gasteiger partial charge in [-0.3, -0.25) is 0 Å². The molecule has 0 spiro atoms. The Labute approximate surface area is 145 Å². The molecule has 21 heavy (non-hydrogen) atoms. The van der Waals surface area contributed by atoms with Gasteiger partial charge in [0.05, 0.1) is 12.8 Å². The zero-order valence-corrected chi connectivity index (χ0v) is 15.3. The molecule has 2 aromatic heterocycles. The maximum absolute atomic E-state index is 5.14. The molecule has 0 saturated heterocycles. The van der Waals surface area contributed by atoms with Crippen molar-refractivity contribution >= 4 is 55.0 Å². The number of thiazole rings is 1. The number of hydrogen-bond acceptors (Lipinski definition) is 7. The van der Waals surface area contributed by atoms with Crippen LogP contribution < -0.4 is 4.74 Å². The summed E-state index contributed by atoms with van der Waals surface area (Å²) in [6.45, 7) is 0. The Kier molecular flexibility index (Phi) is 4.57. The molecule has 0 saturated carbocycles. The zero-order valence-electron chi connectivity index (χ0n) is 10.5. The number of nitrogens with zero attached hydrogens (tertiary/aromatic N) is 5. The van der Waals surface area contributed by atoms with Gasteiger partial charge in [0, 0.05) is 0 Å². The van der Waals surface area contributed by atoms with Crippen molar-refractivity contribution in [2.45, 2.75) is 9.50 Å². The summed E-state index contributed by atoms with van der Waals surface area (Å²) >= 11 is 9.71. The zero-order chi connectivity index (χ0) is 14.8. The molecule has 0 aliphatic heterocycles. The highest BCUT2D eigenvalue weighted by molar-refractivity contribution is 9.13. The van der Waals surface area contributed by atoms with Crippen molar-refractivity contribution < 1.29 is 4.74 Å². The molecule has 0 amide bonds. The van der Waals surface area contributed by atoms with Crippen molar-refractivity contribution in [3.8, 4) is 11.4 Å². The van der Waals surface area contributed by atoms with E-state index >= 15 is 0 Å². The van der Waals surface area contributed by atoms with Crippen LogP contribution in [0.25, 0.3) is 5.69 Å². The maximum atomic E-state index is 5.14. The van der Waals surface area contributed by atoms with Gasteiger partial charge in [0.2, 0.25) is 5.16 Å². The number of hydrogen-bond donors (Lipinski definition) is 0. The molecule has 3 rings (SSSR count). The van der Waals surface area contributed by atoms with E-state index in [-0.39, 0.29) is 0 Å². The standard InChI is InChI=1S/C11H7Br2N5OS2/c1-19-7-4-2-6(3-5-7)18-10(15-16-17-18)21-11-14-8(12)9(13)20-11/h2-5H,1H3. The Morgan fingerprint density at radius 3 is 2.62 bits per heavy atom. The first-order valence-electron chi connectivity index (χ1n) is 5.60. The molecular formula is C11H7Br2N5OS2. The molecule has 0 bridgehead atoms. The van der Waals surface area contributed by atoms with Gasteiger partial charge in [0.15, 0.2) is 4.34 Å². The second-order valence-electron chi connectivity index (χ2n) is 3.72. The fourth-order valence-electron chi connectivity index (χ4n) is 1.52. The van der Waals surface area contributed by atoms with Crippen LogP contribution in [-0.2, 0) is 0 Å². The van der Waals surface area contributed by atoms with E-state index in [1.54, 1.807) is 11.8 Å².